The molecule has 9 heteroatoms. The minimum Gasteiger partial charge on any atom is -0.351 e. The molecule has 0 saturated heterocycles. The van der Waals surface area contributed by atoms with Crippen LogP contribution in [0.5, 0.6) is 0 Å². The predicted molar refractivity (Wildman–Crippen MR) is 80.3 cm³/mol. The molecular formula is C13H21N3O5S. The van der Waals surface area contributed by atoms with Gasteiger partial charge in [0.25, 0.3) is 15.9 Å². The molecule has 0 aromatic heterocycles. The molecule has 0 fully saturated rings. The zero-order chi connectivity index (χ0) is 16.6. The van der Waals surface area contributed by atoms with E-state index in [1.165, 1.54) is 18.2 Å². The Morgan fingerprint density at radius 1 is 1.23 bits per heavy atom. The SMILES string of the molecule is CCOC(CNC(=O)c1ccccc1S(=O)(=O)NN)OCC. The fourth-order valence-corrected chi connectivity index (χ4v) is 2.60. The second-order valence-corrected chi connectivity index (χ2v) is 5.85. The second kappa shape index (κ2) is 8.81. The maximum Gasteiger partial charge on any atom is 0.253 e. The number of carbonyl (C=O) groups excluding carboxylic acids is 1. The van der Waals surface area contributed by atoms with Crippen LogP contribution in [0.25, 0.3) is 0 Å². The van der Waals surface area contributed by atoms with Gasteiger partial charge in [-0.15, -0.1) is 0 Å². The first-order chi connectivity index (χ1) is 10.5. The number of nitrogens with one attached hydrogen (secondary N) is 2. The Morgan fingerprint density at radius 3 is 2.36 bits per heavy atom. The molecule has 0 bridgehead atoms. The van der Waals surface area contributed by atoms with Crippen LogP contribution < -0.4 is 16.0 Å². The van der Waals surface area contributed by atoms with E-state index < -0.39 is 22.2 Å². The normalized spacial score (nSPS) is 11.6. The van der Waals surface area contributed by atoms with Crippen LogP contribution in [0.4, 0.5) is 0 Å². The lowest BCUT2D eigenvalue weighted by molar-refractivity contribution is -0.131. The number of amides is 1. The fourth-order valence-electron chi connectivity index (χ4n) is 1.76. The summed E-state index contributed by atoms with van der Waals surface area (Å²) in [6, 6.07) is 5.76. The Hall–Kier alpha value is -1.52. The summed E-state index contributed by atoms with van der Waals surface area (Å²) in [6.07, 6.45) is -0.588. The first-order valence-electron chi connectivity index (χ1n) is 6.79. The van der Waals surface area contributed by atoms with Crippen LogP contribution in [0.1, 0.15) is 24.2 Å². The molecule has 0 aliphatic carbocycles. The largest absolute Gasteiger partial charge is 0.351 e. The van der Waals surface area contributed by atoms with Crippen molar-refractivity contribution in [2.45, 2.75) is 25.0 Å². The Morgan fingerprint density at radius 2 is 1.82 bits per heavy atom. The summed E-state index contributed by atoms with van der Waals surface area (Å²) < 4.78 is 34.2. The van der Waals surface area contributed by atoms with E-state index in [2.05, 4.69) is 5.32 Å². The van der Waals surface area contributed by atoms with Gasteiger partial charge in [-0.05, 0) is 26.0 Å². The van der Waals surface area contributed by atoms with Crippen molar-refractivity contribution in [1.29, 1.82) is 0 Å². The number of hydrogen-bond donors (Lipinski definition) is 3. The van der Waals surface area contributed by atoms with Crippen LogP contribution in [-0.4, -0.2) is 40.4 Å². The molecule has 0 atom stereocenters. The molecular weight excluding hydrogens is 310 g/mol. The van der Waals surface area contributed by atoms with Gasteiger partial charge in [-0.25, -0.2) is 8.42 Å². The highest BCUT2D eigenvalue weighted by atomic mass is 32.2. The molecule has 0 spiro atoms. The third-order valence-corrected chi connectivity index (χ3v) is 3.96. The van der Waals surface area contributed by atoms with Gasteiger partial charge in [0.2, 0.25) is 0 Å². The van der Waals surface area contributed by atoms with Gasteiger partial charge < -0.3 is 14.8 Å². The number of rotatable bonds is 9. The number of benzene rings is 1. The van der Waals surface area contributed by atoms with E-state index in [0.29, 0.717) is 13.2 Å². The van der Waals surface area contributed by atoms with Crippen molar-refractivity contribution in [3.8, 4) is 0 Å². The average molecular weight is 331 g/mol. The van der Waals surface area contributed by atoms with E-state index in [-0.39, 0.29) is 17.0 Å². The molecule has 1 amide bonds. The topological polar surface area (TPSA) is 120 Å². The summed E-state index contributed by atoms with van der Waals surface area (Å²) in [5.41, 5.74) is -0.00723. The van der Waals surface area contributed by atoms with E-state index in [1.54, 1.807) is 10.9 Å². The van der Waals surface area contributed by atoms with Gasteiger partial charge in [-0.3, -0.25) is 10.6 Å². The molecule has 0 saturated carbocycles. The Bertz CT molecular complexity index is 585. The minimum atomic E-state index is -3.93. The lowest BCUT2D eigenvalue weighted by atomic mass is 10.2. The molecule has 0 aliphatic heterocycles. The van der Waals surface area contributed by atoms with E-state index >= 15 is 0 Å². The summed E-state index contributed by atoms with van der Waals surface area (Å²) >= 11 is 0. The third kappa shape index (κ3) is 5.04. The lowest BCUT2D eigenvalue weighted by Crippen LogP contribution is -2.37. The summed E-state index contributed by atoms with van der Waals surface area (Å²) in [4.78, 5) is 13.7. The van der Waals surface area contributed by atoms with Gasteiger partial charge in [0, 0.05) is 13.2 Å². The van der Waals surface area contributed by atoms with Crippen molar-refractivity contribution in [1.82, 2.24) is 10.1 Å². The van der Waals surface area contributed by atoms with Crippen molar-refractivity contribution < 1.29 is 22.7 Å². The Labute approximate surface area is 130 Å². The molecule has 8 nitrogen and oxygen atoms in total. The molecule has 1 aromatic rings. The first-order valence-corrected chi connectivity index (χ1v) is 8.27. The molecule has 0 heterocycles. The number of ether oxygens (including phenoxy) is 2. The number of carbonyl (C=O) groups is 1. The molecule has 1 rings (SSSR count). The molecule has 0 unspecified atom stereocenters. The van der Waals surface area contributed by atoms with Gasteiger partial charge in [0.05, 0.1) is 17.0 Å². The Kier molecular flexibility index (Phi) is 7.42. The summed E-state index contributed by atoms with van der Waals surface area (Å²) in [5.74, 6) is 4.44. The van der Waals surface area contributed by atoms with Crippen molar-refractivity contribution >= 4 is 15.9 Å². The van der Waals surface area contributed by atoms with Crippen molar-refractivity contribution in [2.75, 3.05) is 19.8 Å². The number of hydrogen-bond acceptors (Lipinski definition) is 6. The molecule has 4 N–H and O–H groups in total. The molecule has 0 radical (unpaired) electrons. The van der Waals surface area contributed by atoms with Crippen LogP contribution in [-0.2, 0) is 19.5 Å². The van der Waals surface area contributed by atoms with Gasteiger partial charge in [-0.2, -0.15) is 4.83 Å². The summed E-state index contributed by atoms with van der Waals surface area (Å²) in [5, 5.41) is 2.58. The zero-order valence-electron chi connectivity index (χ0n) is 12.5. The molecule has 22 heavy (non-hydrogen) atoms. The number of hydrazine groups is 1. The summed E-state index contributed by atoms with van der Waals surface area (Å²) in [7, 11) is -3.93. The average Bonchev–Trinajstić information content (AvgIpc) is 2.52. The smallest absolute Gasteiger partial charge is 0.253 e. The lowest BCUT2D eigenvalue weighted by Gasteiger charge is -2.18. The van der Waals surface area contributed by atoms with Crippen molar-refractivity contribution in [3.05, 3.63) is 29.8 Å². The van der Waals surface area contributed by atoms with E-state index in [4.69, 9.17) is 15.3 Å². The number of nitrogens with two attached hydrogens (primary N) is 1. The maximum atomic E-state index is 12.2. The highest BCUT2D eigenvalue weighted by Crippen LogP contribution is 2.14. The predicted octanol–water partition coefficient (Wildman–Crippen LogP) is -0.0325. The highest BCUT2D eigenvalue weighted by Gasteiger charge is 2.21. The number of sulfonamides is 1. The maximum absolute atomic E-state index is 12.2. The van der Waals surface area contributed by atoms with Crippen LogP contribution in [0.15, 0.2) is 29.2 Å². The minimum absolute atomic E-state index is 0.00723. The molecule has 0 aliphatic rings. The summed E-state index contributed by atoms with van der Waals surface area (Å²) in [6.45, 7) is 4.58. The van der Waals surface area contributed by atoms with E-state index in [1.807, 2.05) is 13.8 Å². The van der Waals surface area contributed by atoms with E-state index in [9.17, 15) is 13.2 Å². The van der Waals surface area contributed by atoms with Crippen LogP contribution in [0.2, 0.25) is 0 Å². The first kappa shape index (κ1) is 18.5. The fraction of sp³-hybridized carbons (Fsp3) is 0.462. The van der Waals surface area contributed by atoms with Crippen LogP contribution in [0, 0.1) is 0 Å². The highest BCUT2D eigenvalue weighted by molar-refractivity contribution is 7.89. The second-order valence-electron chi connectivity index (χ2n) is 4.17. The van der Waals surface area contributed by atoms with Crippen molar-refractivity contribution in [2.24, 2.45) is 5.84 Å². The van der Waals surface area contributed by atoms with Gasteiger partial charge in [0.15, 0.2) is 6.29 Å². The van der Waals surface area contributed by atoms with Gasteiger partial charge in [0.1, 0.15) is 0 Å². The van der Waals surface area contributed by atoms with E-state index in [0.717, 1.165) is 0 Å². The monoisotopic (exact) mass is 331 g/mol. The molecule has 124 valence electrons. The standard InChI is InChI=1S/C13H21N3O5S/c1-3-20-12(21-4-2)9-15-13(17)10-7-5-6-8-11(10)22(18,19)16-14/h5-8,12,16H,3-4,9,14H2,1-2H3,(H,15,17). The quantitative estimate of drug-likeness (QED) is 0.332. The van der Waals surface area contributed by atoms with Crippen molar-refractivity contribution in [3.63, 3.8) is 0 Å². The zero-order valence-corrected chi connectivity index (χ0v) is 13.4. The van der Waals surface area contributed by atoms with Crippen LogP contribution in [0.3, 0.4) is 0 Å². The molecule has 1 aromatic carbocycles. The van der Waals surface area contributed by atoms with Gasteiger partial charge >= 0.3 is 0 Å². The Balaban J connectivity index is 2.86. The van der Waals surface area contributed by atoms with Gasteiger partial charge in [-0.1, -0.05) is 12.1 Å². The third-order valence-electron chi connectivity index (χ3n) is 2.71. The van der Waals surface area contributed by atoms with Crippen LogP contribution >= 0.6 is 0 Å².